The number of nitrogens with zero attached hydrogens (tertiary/aromatic N) is 1. The van der Waals surface area contributed by atoms with Gasteiger partial charge in [0.25, 0.3) is 0 Å². The highest BCUT2D eigenvalue weighted by molar-refractivity contribution is 5.85. The second-order valence-electron chi connectivity index (χ2n) is 6.00. The zero-order valence-corrected chi connectivity index (χ0v) is 12.9. The number of pyridine rings is 1. The third-order valence-electron chi connectivity index (χ3n) is 4.80. The summed E-state index contributed by atoms with van der Waals surface area (Å²) in [6.07, 6.45) is 8.59. The Hall–Kier alpha value is -1.45. The maximum absolute atomic E-state index is 5.82. The molecule has 0 bridgehead atoms. The van der Waals surface area contributed by atoms with Crippen LogP contribution in [0, 0.1) is 0 Å². The molecule has 21 heavy (non-hydrogen) atoms. The van der Waals surface area contributed by atoms with Crippen LogP contribution >= 0.6 is 0 Å². The summed E-state index contributed by atoms with van der Waals surface area (Å²) in [6.45, 7) is 3.11. The van der Waals surface area contributed by atoms with Gasteiger partial charge in [-0.1, -0.05) is 31.2 Å². The number of benzene rings is 1. The standard InChI is InChI=1S/C18H24N2O/c1-3-20-17(11-18(21-2)9-6-10-18)16-13-19-12-14-7-4-5-8-15(14)16/h4-5,7-8,12-13,17,20H,3,6,9-11H2,1-2H3. The fraction of sp³-hybridized carbons (Fsp3) is 0.500. The molecule has 0 radical (unpaired) electrons. The van der Waals surface area contributed by atoms with Crippen LogP contribution in [0.4, 0.5) is 0 Å². The number of hydrogen-bond acceptors (Lipinski definition) is 3. The third kappa shape index (κ3) is 2.81. The number of rotatable bonds is 6. The predicted molar refractivity (Wildman–Crippen MR) is 86.4 cm³/mol. The molecule has 1 aliphatic carbocycles. The van der Waals surface area contributed by atoms with Crippen molar-refractivity contribution >= 4 is 10.8 Å². The van der Waals surface area contributed by atoms with E-state index < -0.39 is 0 Å². The molecule has 0 amide bonds. The van der Waals surface area contributed by atoms with Gasteiger partial charge < -0.3 is 10.1 Å². The van der Waals surface area contributed by atoms with E-state index in [2.05, 4.69) is 41.5 Å². The van der Waals surface area contributed by atoms with Crippen molar-refractivity contribution < 1.29 is 4.74 Å². The Labute approximate surface area is 126 Å². The van der Waals surface area contributed by atoms with Gasteiger partial charge in [-0.05, 0) is 43.2 Å². The summed E-state index contributed by atoms with van der Waals surface area (Å²) >= 11 is 0. The van der Waals surface area contributed by atoms with Crippen molar-refractivity contribution in [2.75, 3.05) is 13.7 Å². The maximum Gasteiger partial charge on any atom is 0.0697 e. The van der Waals surface area contributed by atoms with E-state index >= 15 is 0 Å². The first-order valence-corrected chi connectivity index (χ1v) is 7.89. The van der Waals surface area contributed by atoms with Crippen LogP contribution < -0.4 is 5.32 Å². The topological polar surface area (TPSA) is 34.1 Å². The molecular formula is C18H24N2O. The summed E-state index contributed by atoms with van der Waals surface area (Å²) < 4.78 is 5.82. The smallest absolute Gasteiger partial charge is 0.0697 e. The van der Waals surface area contributed by atoms with Gasteiger partial charge in [-0.25, -0.2) is 0 Å². The summed E-state index contributed by atoms with van der Waals surface area (Å²) in [5.41, 5.74) is 1.35. The van der Waals surface area contributed by atoms with Crippen LogP contribution in [-0.2, 0) is 4.74 Å². The molecule has 3 heteroatoms. The lowest BCUT2D eigenvalue weighted by atomic mass is 9.74. The Balaban J connectivity index is 1.95. The van der Waals surface area contributed by atoms with Crippen LogP contribution in [0.1, 0.15) is 44.2 Å². The Bertz CT molecular complexity index is 596. The number of nitrogens with one attached hydrogen (secondary N) is 1. The van der Waals surface area contributed by atoms with Crippen molar-refractivity contribution in [3.05, 3.63) is 42.2 Å². The molecule has 1 aromatic heterocycles. The number of aromatic nitrogens is 1. The Morgan fingerprint density at radius 2 is 2.10 bits per heavy atom. The molecule has 1 unspecified atom stereocenters. The SMILES string of the molecule is CCNC(CC1(OC)CCC1)c1cncc2ccccc12. The molecular weight excluding hydrogens is 260 g/mol. The van der Waals surface area contributed by atoms with Crippen LogP contribution in [0.2, 0.25) is 0 Å². The van der Waals surface area contributed by atoms with Gasteiger partial charge in [0, 0.05) is 30.9 Å². The Kier molecular flexibility index (Phi) is 4.22. The number of fused-ring (bicyclic) bond motifs is 1. The first-order chi connectivity index (χ1) is 10.3. The summed E-state index contributed by atoms with van der Waals surface area (Å²) in [5, 5.41) is 6.13. The lowest BCUT2D eigenvalue weighted by molar-refractivity contribution is -0.0836. The first-order valence-electron chi connectivity index (χ1n) is 7.89. The highest BCUT2D eigenvalue weighted by Crippen LogP contribution is 2.42. The monoisotopic (exact) mass is 284 g/mol. The molecule has 3 rings (SSSR count). The minimum Gasteiger partial charge on any atom is -0.378 e. The van der Waals surface area contributed by atoms with E-state index in [4.69, 9.17) is 4.74 Å². The van der Waals surface area contributed by atoms with Gasteiger partial charge in [0.15, 0.2) is 0 Å². The van der Waals surface area contributed by atoms with Crippen molar-refractivity contribution in [3.63, 3.8) is 0 Å². The molecule has 2 aromatic rings. The van der Waals surface area contributed by atoms with E-state index in [1.807, 2.05) is 19.5 Å². The largest absolute Gasteiger partial charge is 0.378 e. The van der Waals surface area contributed by atoms with E-state index in [1.165, 1.54) is 35.6 Å². The lowest BCUT2D eigenvalue weighted by Gasteiger charge is -2.43. The van der Waals surface area contributed by atoms with Crippen LogP contribution in [0.15, 0.2) is 36.7 Å². The third-order valence-corrected chi connectivity index (χ3v) is 4.80. The second kappa shape index (κ2) is 6.12. The van der Waals surface area contributed by atoms with E-state index in [1.54, 1.807) is 0 Å². The molecule has 1 heterocycles. The zero-order valence-electron chi connectivity index (χ0n) is 12.9. The predicted octanol–water partition coefficient (Wildman–Crippen LogP) is 3.84. The van der Waals surface area contributed by atoms with Gasteiger partial charge in [-0.15, -0.1) is 0 Å². The molecule has 1 fully saturated rings. The molecule has 3 nitrogen and oxygen atoms in total. The summed E-state index contributed by atoms with van der Waals surface area (Å²) in [4.78, 5) is 4.43. The van der Waals surface area contributed by atoms with Crippen molar-refractivity contribution in [2.45, 2.75) is 44.2 Å². The lowest BCUT2D eigenvalue weighted by Crippen LogP contribution is -2.43. The van der Waals surface area contributed by atoms with Gasteiger partial charge in [-0.3, -0.25) is 4.98 Å². The van der Waals surface area contributed by atoms with Crippen LogP contribution in [0.3, 0.4) is 0 Å². The van der Waals surface area contributed by atoms with Crippen molar-refractivity contribution in [1.82, 2.24) is 10.3 Å². The molecule has 1 aromatic carbocycles. The van der Waals surface area contributed by atoms with Gasteiger partial charge >= 0.3 is 0 Å². The minimum absolute atomic E-state index is 0.0593. The van der Waals surface area contributed by atoms with E-state index in [9.17, 15) is 0 Å². The van der Waals surface area contributed by atoms with Crippen LogP contribution in [0.5, 0.6) is 0 Å². The quantitative estimate of drug-likeness (QED) is 0.875. The molecule has 1 saturated carbocycles. The molecule has 1 N–H and O–H groups in total. The number of hydrogen-bond donors (Lipinski definition) is 1. The fourth-order valence-electron chi connectivity index (χ4n) is 3.39. The first kappa shape index (κ1) is 14.5. The molecule has 0 spiro atoms. The van der Waals surface area contributed by atoms with Crippen molar-refractivity contribution in [3.8, 4) is 0 Å². The average Bonchev–Trinajstić information content (AvgIpc) is 2.49. The molecule has 1 aliphatic rings. The van der Waals surface area contributed by atoms with E-state index in [0.717, 1.165) is 13.0 Å². The van der Waals surface area contributed by atoms with Crippen LogP contribution in [-0.4, -0.2) is 24.2 Å². The second-order valence-corrected chi connectivity index (χ2v) is 6.00. The van der Waals surface area contributed by atoms with E-state index in [-0.39, 0.29) is 5.60 Å². The summed E-state index contributed by atoms with van der Waals surface area (Å²) in [6, 6.07) is 8.79. The molecule has 112 valence electrons. The average molecular weight is 284 g/mol. The molecule has 0 saturated heterocycles. The van der Waals surface area contributed by atoms with Crippen molar-refractivity contribution in [1.29, 1.82) is 0 Å². The fourth-order valence-corrected chi connectivity index (χ4v) is 3.39. The van der Waals surface area contributed by atoms with Gasteiger partial charge in [0.2, 0.25) is 0 Å². The molecule has 0 aliphatic heterocycles. The number of ether oxygens (including phenoxy) is 1. The highest BCUT2D eigenvalue weighted by Gasteiger charge is 2.39. The Morgan fingerprint density at radius 1 is 1.29 bits per heavy atom. The van der Waals surface area contributed by atoms with Gasteiger partial charge in [0.1, 0.15) is 0 Å². The minimum atomic E-state index is 0.0593. The van der Waals surface area contributed by atoms with Gasteiger partial charge in [-0.2, -0.15) is 0 Å². The zero-order chi connectivity index (χ0) is 14.7. The number of methoxy groups -OCH3 is 1. The Morgan fingerprint density at radius 3 is 2.76 bits per heavy atom. The van der Waals surface area contributed by atoms with Crippen LogP contribution in [0.25, 0.3) is 10.8 Å². The normalized spacial score (nSPS) is 18.4. The van der Waals surface area contributed by atoms with E-state index in [0.29, 0.717) is 6.04 Å². The highest BCUT2D eigenvalue weighted by atomic mass is 16.5. The van der Waals surface area contributed by atoms with Crippen molar-refractivity contribution in [2.24, 2.45) is 0 Å². The molecule has 1 atom stereocenters. The van der Waals surface area contributed by atoms with Gasteiger partial charge in [0.05, 0.1) is 5.60 Å². The summed E-state index contributed by atoms with van der Waals surface area (Å²) in [7, 11) is 1.85. The maximum atomic E-state index is 5.82. The summed E-state index contributed by atoms with van der Waals surface area (Å²) in [5.74, 6) is 0.